The fourth-order valence-corrected chi connectivity index (χ4v) is 3.55. The van der Waals surface area contributed by atoms with E-state index in [0.29, 0.717) is 12.1 Å². The maximum Gasteiger partial charge on any atom is 0.121 e. The lowest BCUT2D eigenvalue weighted by Gasteiger charge is -2.30. The maximum atomic E-state index is 5.84. The van der Waals surface area contributed by atoms with Gasteiger partial charge in [-0.2, -0.15) is 0 Å². The number of aromatic nitrogens is 1. The van der Waals surface area contributed by atoms with Crippen molar-refractivity contribution >= 4 is 16.6 Å². The third-order valence-corrected chi connectivity index (χ3v) is 5.30. The van der Waals surface area contributed by atoms with Crippen LogP contribution in [-0.4, -0.2) is 55.4 Å². The summed E-state index contributed by atoms with van der Waals surface area (Å²) >= 11 is 0. The van der Waals surface area contributed by atoms with Gasteiger partial charge in [-0.3, -0.25) is 9.88 Å². The van der Waals surface area contributed by atoms with Crippen LogP contribution in [-0.2, 0) is 4.74 Å². The molecule has 0 spiro atoms. The molecule has 2 heterocycles. The molecule has 1 fully saturated rings. The Morgan fingerprint density at radius 2 is 2.31 bits per heavy atom. The molecule has 1 aliphatic rings. The Balaban J connectivity index is 1.66. The zero-order valence-electron chi connectivity index (χ0n) is 16.2. The fraction of sp³-hybridized carbons (Fsp3) is 0.571. The third kappa shape index (κ3) is 4.65. The van der Waals surface area contributed by atoms with Gasteiger partial charge in [-0.25, -0.2) is 0 Å². The average Bonchev–Trinajstić information content (AvgIpc) is 3.19. The first-order valence-electron chi connectivity index (χ1n) is 9.73. The number of pyridine rings is 1. The van der Waals surface area contributed by atoms with Crippen molar-refractivity contribution in [2.75, 3.05) is 38.7 Å². The van der Waals surface area contributed by atoms with Crippen LogP contribution in [0.25, 0.3) is 10.9 Å². The Labute approximate surface area is 156 Å². The minimum Gasteiger partial charge on any atom is -0.497 e. The van der Waals surface area contributed by atoms with Crippen LogP contribution in [0, 0.1) is 0 Å². The Morgan fingerprint density at radius 1 is 1.42 bits per heavy atom. The van der Waals surface area contributed by atoms with Crippen LogP contribution < -0.4 is 10.1 Å². The highest BCUT2D eigenvalue weighted by Crippen LogP contribution is 2.27. The van der Waals surface area contributed by atoms with Gasteiger partial charge in [-0.15, -0.1) is 0 Å². The lowest BCUT2D eigenvalue weighted by molar-refractivity contribution is 0.0607. The predicted octanol–water partition coefficient (Wildman–Crippen LogP) is 3.93. The molecular weight excluding hydrogens is 326 g/mol. The molecule has 0 aliphatic carbocycles. The molecule has 2 unspecified atom stereocenters. The Bertz CT molecular complexity index is 701. The number of rotatable bonds is 9. The summed E-state index contributed by atoms with van der Waals surface area (Å²) in [5, 5.41) is 4.66. The molecule has 1 saturated heterocycles. The molecule has 5 nitrogen and oxygen atoms in total. The van der Waals surface area contributed by atoms with Crippen molar-refractivity contribution < 1.29 is 9.47 Å². The van der Waals surface area contributed by atoms with Crippen molar-refractivity contribution in [1.29, 1.82) is 0 Å². The molecule has 2 aromatic rings. The number of fused-ring (bicyclic) bond motifs is 1. The lowest BCUT2D eigenvalue weighted by atomic mass is 10.1. The van der Waals surface area contributed by atoms with E-state index in [1.54, 1.807) is 7.11 Å². The monoisotopic (exact) mass is 357 g/mol. The molecule has 3 rings (SSSR count). The van der Waals surface area contributed by atoms with E-state index in [1.165, 1.54) is 12.8 Å². The van der Waals surface area contributed by atoms with Crippen LogP contribution in [0.4, 0.5) is 5.69 Å². The second kappa shape index (κ2) is 9.19. The molecule has 0 amide bonds. The first-order chi connectivity index (χ1) is 12.7. The third-order valence-electron chi connectivity index (χ3n) is 5.30. The van der Waals surface area contributed by atoms with Crippen molar-refractivity contribution in [3.05, 3.63) is 30.5 Å². The van der Waals surface area contributed by atoms with Gasteiger partial charge in [0.15, 0.2) is 0 Å². The quantitative estimate of drug-likeness (QED) is 0.737. The Kier molecular flexibility index (Phi) is 6.69. The molecule has 1 aromatic heterocycles. The van der Waals surface area contributed by atoms with Gasteiger partial charge in [-0.1, -0.05) is 13.0 Å². The predicted molar refractivity (Wildman–Crippen MR) is 107 cm³/mol. The van der Waals surface area contributed by atoms with Crippen molar-refractivity contribution in [2.24, 2.45) is 0 Å². The normalized spacial score (nSPS) is 18.4. The van der Waals surface area contributed by atoms with Crippen molar-refractivity contribution in [1.82, 2.24) is 9.88 Å². The topological polar surface area (TPSA) is 46.6 Å². The highest BCUT2D eigenvalue weighted by molar-refractivity contribution is 5.91. The zero-order valence-corrected chi connectivity index (χ0v) is 16.2. The smallest absolute Gasteiger partial charge is 0.121 e. The van der Waals surface area contributed by atoms with Gasteiger partial charge < -0.3 is 14.8 Å². The number of anilines is 1. The summed E-state index contributed by atoms with van der Waals surface area (Å²) in [4.78, 5) is 7.08. The minimum absolute atomic E-state index is 0.392. The van der Waals surface area contributed by atoms with Crippen LogP contribution in [0.5, 0.6) is 5.75 Å². The summed E-state index contributed by atoms with van der Waals surface area (Å²) in [7, 11) is 1.70. The van der Waals surface area contributed by atoms with Gasteiger partial charge in [0.25, 0.3) is 0 Å². The van der Waals surface area contributed by atoms with E-state index in [-0.39, 0.29) is 0 Å². The molecule has 0 saturated carbocycles. The average molecular weight is 357 g/mol. The molecule has 1 N–H and O–H groups in total. The van der Waals surface area contributed by atoms with Gasteiger partial charge in [0.2, 0.25) is 0 Å². The highest BCUT2D eigenvalue weighted by Gasteiger charge is 2.21. The number of nitrogens with zero attached hydrogens (tertiary/aromatic N) is 2. The molecule has 0 bridgehead atoms. The second-order valence-electron chi connectivity index (χ2n) is 7.06. The first-order valence-corrected chi connectivity index (χ1v) is 9.73. The van der Waals surface area contributed by atoms with E-state index in [2.05, 4.69) is 35.1 Å². The summed E-state index contributed by atoms with van der Waals surface area (Å²) in [5.74, 6) is 0.853. The number of hydrogen-bond acceptors (Lipinski definition) is 5. The zero-order chi connectivity index (χ0) is 18.4. The van der Waals surface area contributed by atoms with Crippen molar-refractivity contribution in [2.45, 2.75) is 45.3 Å². The van der Waals surface area contributed by atoms with Gasteiger partial charge in [0.1, 0.15) is 5.75 Å². The van der Waals surface area contributed by atoms with Gasteiger partial charge in [0, 0.05) is 49.9 Å². The number of benzene rings is 1. The maximum absolute atomic E-state index is 5.84. The number of nitrogens with one attached hydrogen (secondary N) is 1. The van der Waals surface area contributed by atoms with Crippen molar-refractivity contribution in [3.8, 4) is 5.75 Å². The molecule has 142 valence electrons. The van der Waals surface area contributed by atoms with E-state index in [4.69, 9.17) is 9.47 Å². The molecule has 1 aromatic carbocycles. The van der Waals surface area contributed by atoms with Crippen LogP contribution in [0.1, 0.15) is 33.1 Å². The second-order valence-corrected chi connectivity index (χ2v) is 7.06. The number of methoxy groups -OCH3 is 1. The first kappa shape index (κ1) is 18.9. The number of ether oxygens (including phenoxy) is 2. The van der Waals surface area contributed by atoms with Crippen LogP contribution in [0.15, 0.2) is 30.5 Å². The summed E-state index contributed by atoms with van der Waals surface area (Å²) < 4.78 is 11.3. The van der Waals surface area contributed by atoms with Gasteiger partial charge >= 0.3 is 0 Å². The standard InChI is InChI=1S/C21H31N3O2/c1-4-16(2)24(15-18-8-6-12-26-18)11-10-22-20-14-19(25-3)13-17-7-5-9-23-21(17)20/h5,7,9,13-14,16,18,22H,4,6,8,10-12,15H2,1-3H3. The SMILES string of the molecule is CCC(C)N(CCNc1cc(OC)cc2cccnc12)CC1CCCO1. The van der Waals surface area contributed by atoms with Gasteiger partial charge in [-0.05, 0) is 38.3 Å². The molecule has 2 atom stereocenters. The van der Waals surface area contributed by atoms with E-state index in [1.807, 2.05) is 24.4 Å². The molecular formula is C21H31N3O2. The largest absolute Gasteiger partial charge is 0.497 e. The number of hydrogen-bond donors (Lipinski definition) is 1. The minimum atomic E-state index is 0.392. The summed E-state index contributed by atoms with van der Waals surface area (Å²) in [6, 6.07) is 8.64. The highest BCUT2D eigenvalue weighted by atomic mass is 16.5. The molecule has 1 aliphatic heterocycles. The van der Waals surface area contributed by atoms with Crippen molar-refractivity contribution in [3.63, 3.8) is 0 Å². The Hall–Kier alpha value is -1.85. The summed E-state index contributed by atoms with van der Waals surface area (Å²) in [6.07, 6.45) is 5.76. The van der Waals surface area contributed by atoms with E-state index in [9.17, 15) is 0 Å². The van der Waals surface area contributed by atoms with Crippen LogP contribution >= 0.6 is 0 Å². The summed E-state index contributed by atoms with van der Waals surface area (Å²) in [6.45, 7) is 8.35. The van der Waals surface area contributed by atoms with Gasteiger partial charge in [0.05, 0.1) is 24.4 Å². The van der Waals surface area contributed by atoms with E-state index in [0.717, 1.165) is 55.0 Å². The molecule has 0 radical (unpaired) electrons. The lowest BCUT2D eigenvalue weighted by Crippen LogP contribution is -2.41. The van der Waals surface area contributed by atoms with Crippen LogP contribution in [0.3, 0.4) is 0 Å². The Morgan fingerprint density at radius 3 is 3.04 bits per heavy atom. The molecule has 26 heavy (non-hydrogen) atoms. The van der Waals surface area contributed by atoms with E-state index < -0.39 is 0 Å². The van der Waals surface area contributed by atoms with Crippen LogP contribution in [0.2, 0.25) is 0 Å². The fourth-order valence-electron chi connectivity index (χ4n) is 3.55. The summed E-state index contributed by atoms with van der Waals surface area (Å²) in [5.41, 5.74) is 2.02. The molecule has 5 heteroatoms. The van der Waals surface area contributed by atoms with E-state index >= 15 is 0 Å².